The van der Waals surface area contributed by atoms with Gasteiger partial charge in [-0.05, 0) is 37.2 Å². The van der Waals surface area contributed by atoms with E-state index in [0.29, 0.717) is 17.8 Å². The van der Waals surface area contributed by atoms with Gasteiger partial charge in [0.1, 0.15) is 0 Å². The summed E-state index contributed by atoms with van der Waals surface area (Å²) in [7, 11) is 0. The van der Waals surface area contributed by atoms with Gasteiger partial charge in [-0.1, -0.05) is 166 Å². The molecule has 1 aromatic carbocycles. The molecule has 3 unspecified atom stereocenters. The largest absolute Gasteiger partial charge is 0.375 e. The smallest absolute Gasteiger partial charge is 0.0174 e. The van der Waals surface area contributed by atoms with Crippen LogP contribution in [0.1, 0.15) is 135 Å². The van der Waals surface area contributed by atoms with Crippen molar-refractivity contribution in [3.8, 4) is 0 Å². The summed E-state index contributed by atoms with van der Waals surface area (Å²) in [6.07, 6.45) is 25.0. The number of hydrogen-bond donors (Lipinski definition) is 0. The van der Waals surface area contributed by atoms with Crippen molar-refractivity contribution in [2.24, 2.45) is 11.8 Å². The molecule has 0 radical (unpaired) electrons. The third-order valence-corrected chi connectivity index (χ3v) is 8.58. The Balaban J connectivity index is 2.93. The molecule has 0 aliphatic heterocycles. The molecular formula is C38H63N. The minimum atomic E-state index is 0.300. The van der Waals surface area contributed by atoms with Crippen LogP contribution in [-0.2, 0) is 0 Å². The van der Waals surface area contributed by atoms with E-state index in [4.69, 9.17) is 6.58 Å². The molecule has 39 heavy (non-hydrogen) atoms. The molecule has 0 aliphatic carbocycles. The van der Waals surface area contributed by atoms with Crippen LogP contribution >= 0.6 is 0 Å². The van der Waals surface area contributed by atoms with E-state index in [-0.39, 0.29) is 0 Å². The summed E-state index contributed by atoms with van der Waals surface area (Å²) >= 11 is 0. The van der Waals surface area contributed by atoms with Crippen LogP contribution < -0.4 is 0 Å². The van der Waals surface area contributed by atoms with Crippen molar-refractivity contribution in [3.05, 3.63) is 85.6 Å². The summed E-state index contributed by atoms with van der Waals surface area (Å²) in [5.41, 5.74) is 3.79. The van der Waals surface area contributed by atoms with Gasteiger partial charge >= 0.3 is 0 Å². The predicted octanol–water partition coefficient (Wildman–Crippen LogP) is 12.0. The van der Waals surface area contributed by atoms with E-state index in [9.17, 15) is 0 Å². The highest BCUT2D eigenvalue weighted by atomic mass is 15.1. The lowest BCUT2D eigenvalue weighted by molar-refractivity contribution is 0.251. The molecule has 0 bridgehead atoms. The Bertz CT molecular complexity index is 775. The van der Waals surface area contributed by atoms with Gasteiger partial charge in [0.05, 0.1) is 0 Å². The van der Waals surface area contributed by atoms with Gasteiger partial charge in [-0.3, -0.25) is 0 Å². The molecule has 0 fully saturated rings. The Labute approximate surface area is 244 Å². The third-order valence-electron chi connectivity index (χ3n) is 8.58. The van der Waals surface area contributed by atoms with Crippen LogP contribution in [-0.4, -0.2) is 18.0 Å². The lowest BCUT2D eigenvalue weighted by Crippen LogP contribution is -2.32. The molecule has 1 aromatic rings. The van der Waals surface area contributed by atoms with Gasteiger partial charge < -0.3 is 4.90 Å². The second-order valence-electron chi connectivity index (χ2n) is 11.6. The second kappa shape index (κ2) is 22.8. The van der Waals surface area contributed by atoms with Gasteiger partial charge in [-0.15, -0.1) is 6.58 Å². The lowest BCUT2D eigenvalue weighted by Gasteiger charge is -2.37. The van der Waals surface area contributed by atoms with E-state index in [1.165, 1.54) is 101 Å². The minimum Gasteiger partial charge on any atom is -0.375 e. The average Bonchev–Trinajstić information content (AvgIpc) is 2.97. The van der Waals surface area contributed by atoms with E-state index in [1.54, 1.807) is 0 Å². The van der Waals surface area contributed by atoms with Crippen molar-refractivity contribution < 1.29 is 0 Å². The van der Waals surface area contributed by atoms with Crippen LogP contribution in [0, 0.1) is 11.8 Å². The number of benzene rings is 1. The van der Waals surface area contributed by atoms with E-state index in [0.717, 1.165) is 31.5 Å². The summed E-state index contributed by atoms with van der Waals surface area (Å²) in [6.45, 7) is 26.8. The zero-order valence-corrected chi connectivity index (χ0v) is 26.3. The monoisotopic (exact) mass is 533 g/mol. The summed E-state index contributed by atoms with van der Waals surface area (Å²) in [4.78, 5) is 2.65. The van der Waals surface area contributed by atoms with Crippen LogP contribution in [0.15, 0.2) is 80.1 Å². The highest BCUT2D eigenvalue weighted by Crippen LogP contribution is 2.38. The highest BCUT2D eigenvalue weighted by molar-refractivity contribution is 5.27. The molecule has 220 valence electrons. The van der Waals surface area contributed by atoms with Crippen molar-refractivity contribution in [1.82, 2.24) is 4.90 Å². The molecule has 3 atom stereocenters. The Kier molecular flexibility index (Phi) is 20.4. The number of hydrogen-bond acceptors (Lipinski definition) is 1. The first-order valence-electron chi connectivity index (χ1n) is 16.5. The van der Waals surface area contributed by atoms with Crippen LogP contribution in [0.5, 0.6) is 0 Å². The molecule has 0 saturated carbocycles. The second-order valence-corrected chi connectivity index (χ2v) is 11.6. The molecule has 0 aliphatic rings. The number of nitrogens with zero attached hydrogens (tertiary/aromatic N) is 1. The van der Waals surface area contributed by atoms with E-state index in [1.807, 2.05) is 6.08 Å². The van der Waals surface area contributed by atoms with Crippen LogP contribution in [0.2, 0.25) is 0 Å². The first kappa shape index (κ1) is 35.0. The highest BCUT2D eigenvalue weighted by Gasteiger charge is 2.29. The fourth-order valence-corrected chi connectivity index (χ4v) is 5.97. The Morgan fingerprint density at radius 3 is 1.62 bits per heavy atom. The van der Waals surface area contributed by atoms with Gasteiger partial charge in [-0.2, -0.15) is 0 Å². The van der Waals surface area contributed by atoms with Crippen molar-refractivity contribution in [2.45, 2.75) is 129 Å². The zero-order valence-electron chi connectivity index (χ0n) is 26.3. The van der Waals surface area contributed by atoms with Crippen molar-refractivity contribution in [2.75, 3.05) is 13.1 Å². The number of rotatable bonds is 26. The first-order valence-corrected chi connectivity index (χ1v) is 16.5. The molecule has 0 spiro atoms. The molecule has 1 nitrogen and oxygen atoms in total. The van der Waals surface area contributed by atoms with Crippen LogP contribution in [0.3, 0.4) is 0 Å². The first-order chi connectivity index (χ1) is 19.0. The topological polar surface area (TPSA) is 3.24 Å². The van der Waals surface area contributed by atoms with Crippen molar-refractivity contribution >= 4 is 0 Å². The summed E-state index contributed by atoms with van der Waals surface area (Å²) in [5, 5.41) is 0. The van der Waals surface area contributed by atoms with E-state index >= 15 is 0 Å². The Morgan fingerprint density at radius 2 is 1.18 bits per heavy atom. The molecule has 1 heteroatoms. The van der Waals surface area contributed by atoms with Gasteiger partial charge in [-0.25, -0.2) is 0 Å². The fourth-order valence-electron chi connectivity index (χ4n) is 5.97. The van der Waals surface area contributed by atoms with Gasteiger partial charge in [0.15, 0.2) is 0 Å². The Morgan fingerprint density at radius 1 is 0.692 bits per heavy atom. The van der Waals surface area contributed by atoms with Gasteiger partial charge in [0.2, 0.25) is 0 Å². The van der Waals surface area contributed by atoms with Gasteiger partial charge in [0, 0.05) is 30.6 Å². The quantitative estimate of drug-likeness (QED) is 0.0650. The SMILES string of the molecule is C=CC(=C)C(CC(C=C)c1ccccc1)C(CC)C(=C)N(CCCCCCCC)CCCCCCCCCC. The summed E-state index contributed by atoms with van der Waals surface area (Å²) in [6, 6.07) is 10.8. The van der Waals surface area contributed by atoms with Crippen LogP contribution in [0.25, 0.3) is 0 Å². The maximum Gasteiger partial charge on any atom is 0.0174 e. The molecular weight excluding hydrogens is 470 g/mol. The number of unbranched alkanes of at least 4 members (excludes halogenated alkanes) is 12. The zero-order chi connectivity index (χ0) is 28.7. The minimum absolute atomic E-state index is 0.300. The standard InChI is InChI=1S/C38H63N/c1-8-13-15-17-19-20-22-27-31-39(30-26-21-18-16-14-9-2)34(7)37(12-5)38(33(6)10-3)32-35(11-4)36-28-24-23-25-29-36/h10-11,23-25,28-29,35,37-38H,3-4,6-9,12-22,26-27,30-32H2,1-2,5H3. The predicted molar refractivity (Wildman–Crippen MR) is 177 cm³/mol. The Hall–Kier alpha value is -2.02. The molecule has 0 N–H and O–H groups in total. The normalized spacial score (nSPS) is 13.4. The molecule has 0 aromatic heterocycles. The molecule has 1 rings (SSSR count). The van der Waals surface area contributed by atoms with E-state index < -0.39 is 0 Å². The summed E-state index contributed by atoms with van der Waals surface area (Å²) in [5.74, 6) is 0.985. The fraction of sp³-hybridized carbons (Fsp3) is 0.632. The molecule has 0 heterocycles. The van der Waals surface area contributed by atoms with Crippen LogP contribution in [0.4, 0.5) is 0 Å². The maximum atomic E-state index is 4.77. The summed E-state index contributed by atoms with van der Waals surface area (Å²) < 4.78 is 0. The lowest BCUT2D eigenvalue weighted by atomic mass is 9.75. The third kappa shape index (κ3) is 14.3. The molecule has 0 saturated heterocycles. The average molecular weight is 534 g/mol. The number of allylic oxidation sites excluding steroid dienone is 4. The van der Waals surface area contributed by atoms with Crippen molar-refractivity contribution in [3.63, 3.8) is 0 Å². The van der Waals surface area contributed by atoms with Crippen molar-refractivity contribution in [1.29, 1.82) is 0 Å². The van der Waals surface area contributed by atoms with Gasteiger partial charge in [0.25, 0.3) is 0 Å². The molecule has 0 amide bonds. The van der Waals surface area contributed by atoms with E-state index in [2.05, 4.69) is 81.8 Å². The maximum absolute atomic E-state index is 4.77.